The Bertz CT molecular complexity index is 819. The largest absolute Gasteiger partial charge is 0.343 e. The van der Waals surface area contributed by atoms with Gasteiger partial charge in [0.2, 0.25) is 5.91 Å². The van der Waals surface area contributed by atoms with Crippen LogP contribution in [-0.4, -0.2) is 31.3 Å². The maximum atomic E-state index is 12.0. The molecule has 1 heterocycles. The number of carbonyl (C=O) groups is 1. The second-order valence-electron chi connectivity index (χ2n) is 4.72. The molecule has 1 aromatic heterocycles. The summed E-state index contributed by atoms with van der Waals surface area (Å²) in [7, 11) is 0. The number of hydrogen-bond acceptors (Lipinski definition) is 6. The fourth-order valence-electron chi connectivity index (χ4n) is 1.91. The number of nitrogens with zero attached hydrogens (tertiary/aromatic N) is 3. The highest BCUT2D eigenvalue weighted by Crippen LogP contribution is 2.28. The minimum Gasteiger partial charge on any atom is -0.320 e. The zero-order valence-corrected chi connectivity index (χ0v) is 14.2. The quantitative estimate of drug-likeness (QED) is 0.437. The van der Waals surface area contributed by atoms with Crippen molar-refractivity contribution in [3.63, 3.8) is 0 Å². The van der Waals surface area contributed by atoms with E-state index in [1.54, 1.807) is 0 Å². The minimum atomic E-state index is -0.624. The Balaban J connectivity index is 2.05. The molecule has 1 amide bonds. The number of nitro benzene ring substituents is 1. The number of benzene rings is 1. The van der Waals surface area contributed by atoms with Gasteiger partial charge in [0.25, 0.3) is 5.69 Å². The second kappa shape index (κ2) is 7.97. The molecular weight excluding hydrogens is 358 g/mol. The predicted molar refractivity (Wildman–Crippen MR) is 90.6 cm³/mol. The number of aromatic amines is 1. The molecule has 0 aliphatic heterocycles. The summed E-state index contributed by atoms with van der Waals surface area (Å²) in [5.41, 5.74) is -0.570. The predicted octanol–water partition coefficient (Wildman–Crippen LogP) is 2.27. The Kier molecular flexibility index (Phi) is 5.99. The number of anilines is 1. The fourth-order valence-corrected chi connectivity index (χ4v) is 2.85. The highest BCUT2D eigenvalue weighted by atomic mass is 35.5. The molecule has 0 fully saturated rings. The third-order valence-corrected chi connectivity index (χ3v) is 4.14. The fraction of sp³-hybridized carbons (Fsp3) is 0.308. The van der Waals surface area contributed by atoms with Crippen LogP contribution in [0.1, 0.15) is 13.3 Å². The zero-order valence-electron chi connectivity index (χ0n) is 12.6. The molecular formula is C13H14ClN5O4S. The van der Waals surface area contributed by atoms with E-state index in [-0.39, 0.29) is 27.8 Å². The van der Waals surface area contributed by atoms with Gasteiger partial charge in [0.15, 0.2) is 5.16 Å². The number of thioether (sulfide) groups is 1. The number of amides is 1. The molecule has 0 bridgehead atoms. The van der Waals surface area contributed by atoms with Gasteiger partial charge in [0.1, 0.15) is 5.69 Å². The summed E-state index contributed by atoms with van der Waals surface area (Å²) in [4.78, 5) is 33.9. The Morgan fingerprint density at radius 1 is 1.54 bits per heavy atom. The molecule has 0 saturated heterocycles. The van der Waals surface area contributed by atoms with Crippen LogP contribution in [0.3, 0.4) is 0 Å². The van der Waals surface area contributed by atoms with Crippen LogP contribution >= 0.6 is 23.4 Å². The molecule has 2 N–H and O–H groups in total. The van der Waals surface area contributed by atoms with E-state index in [0.29, 0.717) is 11.7 Å². The monoisotopic (exact) mass is 371 g/mol. The molecule has 0 spiro atoms. The lowest BCUT2D eigenvalue weighted by atomic mass is 10.2. The van der Waals surface area contributed by atoms with Gasteiger partial charge in [0.05, 0.1) is 10.7 Å². The highest BCUT2D eigenvalue weighted by molar-refractivity contribution is 7.99. The van der Waals surface area contributed by atoms with Gasteiger partial charge in [0, 0.05) is 17.6 Å². The van der Waals surface area contributed by atoms with Crippen LogP contribution in [0, 0.1) is 10.1 Å². The van der Waals surface area contributed by atoms with Crippen LogP contribution in [0.4, 0.5) is 11.4 Å². The van der Waals surface area contributed by atoms with Crippen molar-refractivity contribution in [2.75, 3.05) is 11.1 Å². The molecule has 128 valence electrons. The van der Waals surface area contributed by atoms with Crippen molar-refractivity contribution in [3.05, 3.63) is 43.8 Å². The van der Waals surface area contributed by atoms with Gasteiger partial charge in [-0.15, -0.1) is 5.10 Å². The number of aromatic nitrogens is 3. The van der Waals surface area contributed by atoms with Crippen LogP contribution in [0.5, 0.6) is 0 Å². The van der Waals surface area contributed by atoms with Gasteiger partial charge in [-0.3, -0.25) is 19.5 Å². The molecule has 2 rings (SSSR count). The Morgan fingerprint density at radius 3 is 2.96 bits per heavy atom. The first-order valence-corrected chi connectivity index (χ1v) is 8.30. The van der Waals surface area contributed by atoms with Gasteiger partial charge in [-0.25, -0.2) is 9.89 Å². The van der Waals surface area contributed by atoms with Crippen molar-refractivity contribution in [1.82, 2.24) is 14.8 Å². The Labute approximate surface area is 145 Å². The lowest BCUT2D eigenvalue weighted by molar-refractivity contribution is -0.383. The van der Waals surface area contributed by atoms with E-state index in [4.69, 9.17) is 11.6 Å². The third kappa shape index (κ3) is 4.36. The topological polar surface area (TPSA) is 123 Å². The second-order valence-corrected chi connectivity index (χ2v) is 6.10. The molecule has 11 heteroatoms. The van der Waals surface area contributed by atoms with Gasteiger partial charge in [-0.1, -0.05) is 30.3 Å². The first-order chi connectivity index (χ1) is 11.4. The number of H-pyrrole nitrogens is 1. The number of hydrogen-bond donors (Lipinski definition) is 2. The van der Waals surface area contributed by atoms with Crippen molar-refractivity contribution in [1.29, 1.82) is 0 Å². The van der Waals surface area contributed by atoms with Crippen LogP contribution < -0.4 is 11.0 Å². The van der Waals surface area contributed by atoms with E-state index in [0.717, 1.165) is 24.2 Å². The first kappa shape index (κ1) is 18.0. The van der Waals surface area contributed by atoms with E-state index in [9.17, 15) is 19.7 Å². The third-order valence-electron chi connectivity index (χ3n) is 2.93. The van der Waals surface area contributed by atoms with E-state index >= 15 is 0 Å². The summed E-state index contributed by atoms with van der Waals surface area (Å²) >= 11 is 6.79. The maximum Gasteiger partial charge on any atom is 0.343 e. The molecule has 0 aliphatic rings. The van der Waals surface area contributed by atoms with E-state index in [1.807, 2.05) is 6.92 Å². The zero-order chi connectivity index (χ0) is 17.7. The van der Waals surface area contributed by atoms with Crippen LogP contribution in [0.25, 0.3) is 0 Å². The van der Waals surface area contributed by atoms with Crippen LogP contribution in [0.15, 0.2) is 28.2 Å². The number of halogens is 1. The lowest BCUT2D eigenvalue weighted by Gasteiger charge is -2.06. The van der Waals surface area contributed by atoms with Crippen molar-refractivity contribution in [2.24, 2.45) is 0 Å². The summed E-state index contributed by atoms with van der Waals surface area (Å²) in [6.45, 7) is 2.40. The highest BCUT2D eigenvalue weighted by Gasteiger charge is 2.17. The van der Waals surface area contributed by atoms with E-state index in [2.05, 4.69) is 15.5 Å². The number of nitrogens with one attached hydrogen (secondary N) is 2. The summed E-state index contributed by atoms with van der Waals surface area (Å²) in [6.07, 6.45) is 0.746. The average molecular weight is 372 g/mol. The molecule has 2 aromatic rings. The standard InChI is InChI=1S/C13H14ClN5O4S/c1-2-5-18-12(21)16-17-13(18)24-7-11(20)15-9-4-3-8(14)6-10(9)19(22)23/h3-4,6H,2,5,7H2,1H3,(H,15,20)(H,16,21). The SMILES string of the molecule is CCCn1c(SCC(=O)Nc2ccc(Cl)cc2[N+](=O)[O-])n[nH]c1=O. The van der Waals surface area contributed by atoms with Crippen LogP contribution in [-0.2, 0) is 11.3 Å². The molecule has 0 saturated carbocycles. The van der Waals surface area contributed by atoms with Gasteiger partial charge in [-0.05, 0) is 18.6 Å². The molecule has 0 aliphatic carbocycles. The summed E-state index contributed by atoms with van der Waals surface area (Å²) in [5, 5.41) is 20.2. The average Bonchev–Trinajstić information content (AvgIpc) is 2.88. The molecule has 0 atom stereocenters. The smallest absolute Gasteiger partial charge is 0.320 e. The van der Waals surface area contributed by atoms with E-state index < -0.39 is 10.8 Å². The molecule has 1 aromatic carbocycles. The summed E-state index contributed by atoms with van der Waals surface area (Å²) in [5.74, 6) is -0.503. The molecule has 24 heavy (non-hydrogen) atoms. The van der Waals surface area contributed by atoms with Crippen molar-refractivity contribution >= 4 is 40.6 Å². The maximum absolute atomic E-state index is 12.0. The van der Waals surface area contributed by atoms with Gasteiger partial charge in [-0.2, -0.15) is 0 Å². The van der Waals surface area contributed by atoms with Crippen molar-refractivity contribution in [3.8, 4) is 0 Å². The van der Waals surface area contributed by atoms with Crippen molar-refractivity contribution < 1.29 is 9.72 Å². The number of rotatable bonds is 7. The normalized spacial score (nSPS) is 10.6. The molecule has 9 nitrogen and oxygen atoms in total. The summed E-state index contributed by atoms with van der Waals surface area (Å²) in [6, 6.07) is 3.98. The Morgan fingerprint density at radius 2 is 2.29 bits per heavy atom. The van der Waals surface area contributed by atoms with Crippen LogP contribution in [0.2, 0.25) is 5.02 Å². The minimum absolute atomic E-state index is 0.0478. The Hall–Kier alpha value is -2.33. The van der Waals surface area contributed by atoms with E-state index in [1.165, 1.54) is 16.7 Å². The lowest BCUT2D eigenvalue weighted by Crippen LogP contribution is -2.19. The van der Waals surface area contributed by atoms with Gasteiger partial charge >= 0.3 is 5.69 Å². The summed E-state index contributed by atoms with van der Waals surface area (Å²) < 4.78 is 1.43. The molecule has 0 unspecified atom stereocenters. The first-order valence-electron chi connectivity index (χ1n) is 6.94. The number of nitro groups is 1. The number of carbonyl (C=O) groups excluding carboxylic acids is 1. The van der Waals surface area contributed by atoms with Gasteiger partial charge < -0.3 is 5.32 Å². The molecule has 0 radical (unpaired) electrons. The van der Waals surface area contributed by atoms with Crippen molar-refractivity contribution in [2.45, 2.75) is 25.0 Å².